The molecule has 0 saturated carbocycles. The summed E-state index contributed by atoms with van der Waals surface area (Å²) in [6, 6.07) is 10.4. The normalized spacial score (nSPS) is 11.0. The van der Waals surface area contributed by atoms with Crippen molar-refractivity contribution >= 4 is 28.7 Å². The van der Waals surface area contributed by atoms with Crippen molar-refractivity contribution < 1.29 is 13.5 Å². The van der Waals surface area contributed by atoms with Crippen molar-refractivity contribution in [1.82, 2.24) is 5.43 Å². The first kappa shape index (κ1) is 16.8. The molecule has 2 aromatic rings. The highest BCUT2D eigenvalue weighted by atomic mass is 32.1. The van der Waals surface area contributed by atoms with E-state index in [2.05, 4.69) is 15.8 Å². The lowest BCUT2D eigenvalue weighted by Crippen LogP contribution is -2.25. The molecule has 0 saturated heterocycles. The molecule has 2 aromatic carbocycles. The highest BCUT2D eigenvalue weighted by molar-refractivity contribution is 7.80. The maximum Gasteiger partial charge on any atom is 0.191 e. The molecule has 0 aliphatic heterocycles. The Labute approximate surface area is 138 Å². The second kappa shape index (κ2) is 7.64. The van der Waals surface area contributed by atoms with Crippen LogP contribution in [0.15, 0.2) is 47.6 Å². The third-order valence-electron chi connectivity index (χ3n) is 2.97. The van der Waals surface area contributed by atoms with Crippen LogP contribution < -0.4 is 15.5 Å². The van der Waals surface area contributed by atoms with E-state index in [0.29, 0.717) is 11.4 Å². The molecule has 0 aromatic heterocycles. The highest BCUT2D eigenvalue weighted by Crippen LogP contribution is 2.16. The zero-order chi connectivity index (χ0) is 16.8. The number of hydrazone groups is 1. The molecule has 0 radical (unpaired) electrons. The van der Waals surface area contributed by atoms with Gasteiger partial charge in [0.15, 0.2) is 5.11 Å². The summed E-state index contributed by atoms with van der Waals surface area (Å²) in [5.41, 5.74) is 3.65. The van der Waals surface area contributed by atoms with Gasteiger partial charge in [-0.05, 0) is 49.5 Å². The van der Waals surface area contributed by atoms with Crippen molar-refractivity contribution in [2.45, 2.75) is 6.92 Å². The number of halogens is 2. The van der Waals surface area contributed by atoms with Crippen LogP contribution in [0.5, 0.6) is 5.75 Å². The quantitative estimate of drug-likeness (QED) is 0.508. The Morgan fingerprint density at radius 2 is 1.96 bits per heavy atom. The fourth-order valence-electron chi connectivity index (χ4n) is 1.83. The van der Waals surface area contributed by atoms with Crippen LogP contribution in [0.1, 0.15) is 12.5 Å². The largest absolute Gasteiger partial charge is 0.497 e. The van der Waals surface area contributed by atoms with Crippen molar-refractivity contribution in [3.63, 3.8) is 0 Å². The summed E-state index contributed by atoms with van der Waals surface area (Å²) < 4.78 is 31.9. The lowest BCUT2D eigenvalue weighted by molar-refractivity contribution is 0.415. The third kappa shape index (κ3) is 4.72. The summed E-state index contributed by atoms with van der Waals surface area (Å²) in [5.74, 6) is -0.409. The van der Waals surface area contributed by atoms with Crippen LogP contribution in [0.4, 0.5) is 14.5 Å². The molecule has 120 valence electrons. The Morgan fingerprint density at radius 3 is 2.70 bits per heavy atom. The van der Waals surface area contributed by atoms with Gasteiger partial charge in [-0.25, -0.2) is 8.78 Å². The van der Waals surface area contributed by atoms with Crippen molar-refractivity contribution in [3.8, 4) is 5.75 Å². The maximum absolute atomic E-state index is 13.6. The van der Waals surface area contributed by atoms with E-state index in [1.54, 1.807) is 38.3 Å². The van der Waals surface area contributed by atoms with E-state index in [1.807, 2.05) is 0 Å². The second-order valence-corrected chi connectivity index (χ2v) is 5.03. The molecule has 2 rings (SSSR count). The third-order valence-corrected chi connectivity index (χ3v) is 3.16. The van der Waals surface area contributed by atoms with Gasteiger partial charge in [0, 0.05) is 17.3 Å². The molecule has 2 N–H and O–H groups in total. The van der Waals surface area contributed by atoms with E-state index in [1.165, 1.54) is 0 Å². The predicted octanol–water partition coefficient (Wildman–Crippen LogP) is 3.68. The minimum Gasteiger partial charge on any atom is -0.497 e. The molecule has 0 aliphatic carbocycles. The molecule has 7 heteroatoms. The van der Waals surface area contributed by atoms with E-state index in [9.17, 15) is 8.78 Å². The molecule has 0 aliphatic rings. The van der Waals surface area contributed by atoms with Crippen LogP contribution in [0.3, 0.4) is 0 Å². The molecule has 0 amide bonds. The minimum atomic E-state index is -0.555. The Balaban J connectivity index is 2.03. The summed E-state index contributed by atoms with van der Waals surface area (Å²) in [6.07, 6.45) is 0. The lowest BCUT2D eigenvalue weighted by atomic mass is 10.1. The van der Waals surface area contributed by atoms with Crippen molar-refractivity contribution in [3.05, 3.63) is 59.7 Å². The summed E-state index contributed by atoms with van der Waals surface area (Å²) in [6.45, 7) is 1.55. The number of nitrogens with one attached hydrogen (secondary N) is 2. The van der Waals surface area contributed by atoms with Gasteiger partial charge in [0.2, 0.25) is 0 Å². The molecule has 0 atom stereocenters. The van der Waals surface area contributed by atoms with Gasteiger partial charge in [0.1, 0.15) is 17.4 Å². The van der Waals surface area contributed by atoms with Crippen molar-refractivity contribution in [1.29, 1.82) is 0 Å². The first-order valence-electron chi connectivity index (χ1n) is 6.70. The molecule has 4 nitrogen and oxygen atoms in total. The molecule has 0 unspecified atom stereocenters. The van der Waals surface area contributed by atoms with Crippen molar-refractivity contribution in [2.24, 2.45) is 5.10 Å². The van der Waals surface area contributed by atoms with E-state index < -0.39 is 11.6 Å². The SMILES string of the molecule is COc1cccc(NC(=S)N/N=C(/C)c2cc(F)ccc2F)c1. The van der Waals surface area contributed by atoms with Crippen LogP contribution in [0.25, 0.3) is 0 Å². The number of hydrogen-bond donors (Lipinski definition) is 2. The summed E-state index contributed by atoms with van der Waals surface area (Å²) in [5, 5.41) is 7.09. The Morgan fingerprint density at radius 1 is 1.17 bits per heavy atom. The Hall–Kier alpha value is -2.54. The number of anilines is 1. The van der Waals surface area contributed by atoms with Gasteiger partial charge >= 0.3 is 0 Å². The Bertz CT molecular complexity index is 750. The van der Waals surface area contributed by atoms with E-state index in [-0.39, 0.29) is 16.4 Å². The molecule has 0 heterocycles. The van der Waals surface area contributed by atoms with Crippen LogP contribution in [0.2, 0.25) is 0 Å². The van der Waals surface area contributed by atoms with E-state index in [0.717, 1.165) is 18.2 Å². The average molecular weight is 335 g/mol. The van der Waals surface area contributed by atoms with Crippen molar-refractivity contribution in [2.75, 3.05) is 12.4 Å². The second-order valence-electron chi connectivity index (χ2n) is 4.62. The van der Waals surface area contributed by atoms with Crippen LogP contribution >= 0.6 is 12.2 Å². The zero-order valence-corrected chi connectivity index (χ0v) is 13.4. The minimum absolute atomic E-state index is 0.0710. The van der Waals surface area contributed by atoms with E-state index >= 15 is 0 Å². The fraction of sp³-hybridized carbons (Fsp3) is 0.125. The highest BCUT2D eigenvalue weighted by Gasteiger charge is 2.07. The maximum atomic E-state index is 13.6. The lowest BCUT2D eigenvalue weighted by Gasteiger charge is -2.09. The average Bonchev–Trinajstić information content (AvgIpc) is 2.55. The molecular weight excluding hydrogens is 320 g/mol. The number of benzene rings is 2. The zero-order valence-electron chi connectivity index (χ0n) is 12.6. The first-order valence-corrected chi connectivity index (χ1v) is 7.11. The number of hydrogen-bond acceptors (Lipinski definition) is 3. The fourth-order valence-corrected chi connectivity index (χ4v) is 1.99. The standard InChI is InChI=1S/C16H15F2N3OS/c1-10(14-8-11(17)6-7-15(14)18)20-21-16(23)19-12-4-3-5-13(9-12)22-2/h3-9H,1-2H3,(H2,19,21,23)/b20-10-. The monoisotopic (exact) mass is 335 g/mol. The molecular formula is C16H15F2N3OS. The summed E-state index contributed by atoms with van der Waals surface area (Å²) in [7, 11) is 1.57. The van der Waals surface area contributed by atoms with E-state index in [4.69, 9.17) is 17.0 Å². The first-order chi connectivity index (χ1) is 11.0. The number of rotatable bonds is 4. The molecule has 0 fully saturated rings. The number of ether oxygens (including phenoxy) is 1. The van der Waals surface area contributed by atoms with Gasteiger partial charge in [0.25, 0.3) is 0 Å². The van der Waals surface area contributed by atoms with Crippen LogP contribution in [0, 0.1) is 11.6 Å². The van der Waals surface area contributed by atoms with Gasteiger partial charge in [-0.2, -0.15) is 5.10 Å². The number of nitrogens with zero attached hydrogens (tertiary/aromatic N) is 1. The summed E-state index contributed by atoms with van der Waals surface area (Å²) >= 11 is 5.10. The molecule has 0 spiro atoms. The molecule has 0 bridgehead atoms. The Kier molecular flexibility index (Phi) is 5.59. The topological polar surface area (TPSA) is 45.6 Å². The van der Waals surface area contributed by atoms with Gasteiger partial charge in [0.05, 0.1) is 12.8 Å². The van der Waals surface area contributed by atoms with Crippen LogP contribution in [-0.4, -0.2) is 17.9 Å². The number of thiocarbonyl (C=S) groups is 1. The number of methoxy groups -OCH3 is 1. The van der Waals surface area contributed by atoms with Gasteiger partial charge in [-0.3, -0.25) is 5.43 Å². The smallest absolute Gasteiger partial charge is 0.191 e. The van der Waals surface area contributed by atoms with Crippen LogP contribution in [-0.2, 0) is 0 Å². The molecule has 23 heavy (non-hydrogen) atoms. The predicted molar refractivity (Wildman–Crippen MR) is 90.9 cm³/mol. The van der Waals surface area contributed by atoms with Gasteiger partial charge < -0.3 is 10.1 Å². The summed E-state index contributed by atoms with van der Waals surface area (Å²) in [4.78, 5) is 0. The van der Waals surface area contributed by atoms with Gasteiger partial charge in [-0.15, -0.1) is 0 Å². The van der Waals surface area contributed by atoms with Gasteiger partial charge in [-0.1, -0.05) is 6.07 Å².